The van der Waals surface area contributed by atoms with E-state index in [1.165, 1.54) is 10.7 Å². The van der Waals surface area contributed by atoms with Gasteiger partial charge in [-0.15, -0.1) is 0 Å². The number of carbonyl (C=O) groups excluding carboxylic acids is 1. The van der Waals surface area contributed by atoms with Crippen molar-refractivity contribution in [2.75, 3.05) is 5.32 Å². The highest BCUT2D eigenvalue weighted by molar-refractivity contribution is 9.10. The molecule has 0 aliphatic rings. The number of anilines is 1. The van der Waals surface area contributed by atoms with Gasteiger partial charge in [0.2, 0.25) is 5.91 Å². The number of hydrogen-bond acceptors (Lipinski definition) is 3. The molecule has 0 saturated heterocycles. The first-order chi connectivity index (χ1) is 12.4. The molecule has 1 amide bonds. The topological polar surface area (TPSA) is 64.7 Å². The second-order valence-electron chi connectivity index (χ2n) is 5.74. The number of nitrogens with zero attached hydrogens (tertiary/aromatic N) is 4. The monoisotopic (exact) mass is 439 g/mol. The van der Waals surface area contributed by atoms with E-state index in [0.717, 1.165) is 5.69 Å². The summed E-state index contributed by atoms with van der Waals surface area (Å²) >= 11 is 9.39. The molecule has 0 unspecified atom stereocenters. The van der Waals surface area contributed by atoms with Gasteiger partial charge < -0.3 is 5.32 Å². The molecule has 6 nitrogen and oxygen atoms in total. The Morgan fingerprint density at radius 3 is 2.81 bits per heavy atom. The first-order valence-electron chi connectivity index (χ1n) is 7.88. The third kappa shape index (κ3) is 4.50. The van der Waals surface area contributed by atoms with Gasteiger partial charge >= 0.3 is 0 Å². The number of amides is 1. The molecular formula is C17H16BrClFN5O. The molecule has 0 aliphatic carbocycles. The molecule has 1 N–H and O–H groups in total. The van der Waals surface area contributed by atoms with Gasteiger partial charge in [-0.3, -0.25) is 14.2 Å². The van der Waals surface area contributed by atoms with E-state index in [1.54, 1.807) is 23.0 Å². The van der Waals surface area contributed by atoms with Crippen molar-refractivity contribution in [1.29, 1.82) is 0 Å². The van der Waals surface area contributed by atoms with E-state index in [9.17, 15) is 9.18 Å². The third-order valence-corrected chi connectivity index (χ3v) is 4.63. The highest BCUT2D eigenvalue weighted by atomic mass is 79.9. The largest absolute Gasteiger partial charge is 0.308 e. The number of halogens is 3. The molecule has 0 aliphatic heterocycles. The Balaban J connectivity index is 1.63. The summed E-state index contributed by atoms with van der Waals surface area (Å²) in [6, 6.07) is 6.40. The average molecular weight is 441 g/mol. The minimum atomic E-state index is -0.399. The van der Waals surface area contributed by atoms with E-state index in [1.807, 2.05) is 19.2 Å². The smallest absolute Gasteiger partial charge is 0.227 e. The van der Waals surface area contributed by atoms with Crippen molar-refractivity contribution in [1.82, 2.24) is 19.6 Å². The van der Waals surface area contributed by atoms with Crippen molar-refractivity contribution in [3.63, 3.8) is 0 Å². The normalized spacial score (nSPS) is 10.9. The summed E-state index contributed by atoms with van der Waals surface area (Å²) < 4.78 is 17.7. The zero-order chi connectivity index (χ0) is 18.7. The van der Waals surface area contributed by atoms with E-state index < -0.39 is 5.82 Å². The van der Waals surface area contributed by atoms with Gasteiger partial charge in [-0.05, 0) is 41.1 Å². The molecule has 2 aromatic heterocycles. The van der Waals surface area contributed by atoms with Gasteiger partial charge in [-0.25, -0.2) is 4.39 Å². The molecule has 1 aromatic carbocycles. The van der Waals surface area contributed by atoms with Gasteiger partial charge in [0.1, 0.15) is 5.82 Å². The van der Waals surface area contributed by atoms with Crippen LogP contribution in [0.5, 0.6) is 0 Å². The molecule has 136 valence electrons. The van der Waals surface area contributed by atoms with Crippen LogP contribution in [0.15, 0.2) is 41.1 Å². The van der Waals surface area contributed by atoms with Crippen LogP contribution in [0.4, 0.5) is 10.2 Å². The summed E-state index contributed by atoms with van der Waals surface area (Å²) in [7, 11) is 0. The first kappa shape index (κ1) is 18.6. The van der Waals surface area contributed by atoms with Crippen LogP contribution in [0.2, 0.25) is 5.02 Å². The Kier molecular flexibility index (Phi) is 5.73. The number of aryl methyl sites for hydroxylation is 2. The predicted octanol–water partition coefficient (Wildman–Crippen LogP) is 4.02. The van der Waals surface area contributed by atoms with Crippen LogP contribution in [-0.2, 0) is 17.9 Å². The van der Waals surface area contributed by atoms with Crippen LogP contribution in [0.1, 0.15) is 17.7 Å². The predicted molar refractivity (Wildman–Crippen MR) is 101 cm³/mol. The Bertz CT molecular complexity index is 919. The molecule has 9 heteroatoms. The Morgan fingerprint density at radius 2 is 2.12 bits per heavy atom. The molecule has 0 saturated carbocycles. The van der Waals surface area contributed by atoms with Crippen molar-refractivity contribution in [2.45, 2.75) is 26.4 Å². The van der Waals surface area contributed by atoms with Crippen LogP contribution in [-0.4, -0.2) is 25.5 Å². The highest BCUT2D eigenvalue weighted by Gasteiger charge is 2.13. The molecule has 0 spiro atoms. The van der Waals surface area contributed by atoms with Gasteiger partial charge in [-0.1, -0.05) is 17.7 Å². The van der Waals surface area contributed by atoms with Crippen molar-refractivity contribution >= 4 is 39.3 Å². The standard InChI is InChI=1S/C17H16BrClFN5O/c1-11-5-7-24(22-11)8-6-16(26)21-17-13(18)10-25(23-17)9-12-14(19)3-2-4-15(12)20/h2-5,7,10H,6,8-9H2,1H3,(H,21,23,26). The minimum absolute atomic E-state index is 0.159. The Hall–Kier alpha value is -2.19. The lowest BCUT2D eigenvalue weighted by atomic mass is 10.2. The molecular weight excluding hydrogens is 425 g/mol. The molecule has 0 atom stereocenters. The first-order valence-corrected chi connectivity index (χ1v) is 9.05. The van der Waals surface area contributed by atoms with Gasteiger partial charge in [0.25, 0.3) is 0 Å². The number of carbonyl (C=O) groups is 1. The quantitative estimate of drug-likeness (QED) is 0.630. The average Bonchev–Trinajstić information content (AvgIpc) is 3.15. The fraction of sp³-hybridized carbons (Fsp3) is 0.235. The fourth-order valence-electron chi connectivity index (χ4n) is 2.41. The lowest BCUT2D eigenvalue weighted by Gasteiger charge is -2.06. The number of aromatic nitrogens is 4. The van der Waals surface area contributed by atoms with E-state index in [2.05, 4.69) is 31.4 Å². The Labute approximate surface area is 163 Å². The van der Waals surface area contributed by atoms with Gasteiger partial charge in [0.15, 0.2) is 5.82 Å². The van der Waals surface area contributed by atoms with E-state index in [-0.39, 0.29) is 18.9 Å². The minimum Gasteiger partial charge on any atom is -0.308 e. The Morgan fingerprint density at radius 1 is 1.31 bits per heavy atom. The van der Waals surface area contributed by atoms with E-state index in [4.69, 9.17) is 11.6 Å². The molecule has 0 fully saturated rings. The summed E-state index contributed by atoms with van der Waals surface area (Å²) in [6.07, 6.45) is 3.75. The highest BCUT2D eigenvalue weighted by Crippen LogP contribution is 2.24. The SMILES string of the molecule is Cc1ccn(CCC(=O)Nc2nn(Cc3c(F)cccc3Cl)cc2Br)n1. The fourth-order valence-corrected chi connectivity index (χ4v) is 3.04. The third-order valence-electron chi connectivity index (χ3n) is 3.70. The van der Waals surface area contributed by atoms with Crippen LogP contribution in [0, 0.1) is 12.7 Å². The number of nitrogens with one attached hydrogen (secondary N) is 1. The number of benzene rings is 1. The summed E-state index contributed by atoms with van der Waals surface area (Å²) in [5.41, 5.74) is 1.25. The summed E-state index contributed by atoms with van der Waals surface area (Å²) in [5.74, 6) is -0.212. The van der Waals surface area contributed by atoms with Crippen LogP contribution >= 0.6 is 27.5 Å². The van der Waals surface area contributed by atoms with Crippen LogP contribution < -0.4 is 5.32 Å². The lowest BCUT2D eigenvalue weighted by Crippen LogP contribution is -2.15. The van der Waals surface area contributed by atoms with Crippen molar-refractivity contribution in [2.24, 2.45) is 0 Å². The van der Waals surface area contributed by atoms with Gasteiger partial charge in [-0.2, -0.15) is 10.2 Å². The van der Waals surface area contributed by atoms with Crippen molar-refractivity contribution in [3.8, 4) is 0 Å². The number of hydrogen-bond donors (Lipinski definition) is 1. The lowest BCUT2D eigenvalue weighted by molar-refractivity contribution is -0.116. The van der Waals surface area contributed by atoms with Crippen molar-refractivity contribution in [3.05, 3.63) is 63.2 Å². The maximum Gasteiger partial charge on any atom is 0.227 e. The van der Waals surface area contributed by atoms with Gasteiger partial charge in [0, 0.05) is 35.9 Å². The summed E-state index contributed by atoms with van der Waals surface area (Å²) in [6.45, 7) is 2.53. The molecule has 0 radical (unpaired) electrons. The molecule has 26 heavy (non-hydrogen) atoms. The zero-order valence-electron chi connectivity index (χ0n) is 13.9. The van der Waals surface area contributed by atoms with E-state index in [0.29, 0.717) is 27.4 Å². The van der Waals surface area contributed by atoms with Crippen LogP contribution in [0.25, 0.3) is 0 Å². The molecule has 3 aromatic rings. The van der Waals surface area contributed by atoms with Crippen molar-refractivity contribution < 1.29 is 9.18 Å². The second kappa shape index (κ2) is 8.01. The zero-order valence-corrected chi connectivity index (χ0v) is 16.3. The maximum atomic E-state index is 13.9. The molecule has 0 bridgehead atoms. The second-order valence-corrected chi connectivity index (χ2v) is 7.00. The summed E-state index contributed by atoms with van der Waals surface area (Å²) in [4.78, 5) is 12.1. The van der Waals surface area contributed by atoms with Gasteiger partial charge in [0.05, 0.1) is 16.7 Å². The molecule has 2 heterocycles. The van der Waals surface area contributed by atoms with E-state index >= 15 is 0 Å². The maximum absolute atomic E-state index is 13.9. The summed E-state index contributed by atoms with van der Waals surface area (Å²) in [5, 5.41) is 11.6. The van der Waals surface area contributed by atoms with Crippen LogP contribution in [0.3, 0.4) is 0 Å². The number of rotatable bonds is 6. The molecule has 3 rings (SSSR count).